The topological polar surface area (TPSA) is 89.1 Å². The van der Waals surface area contributed by atoms with E-state index >= 15 is 0 Å². The molecule has 1 saturated heterocycles. The molecule has 3 heterocycles. The lowest BCUT2D eigenvalue weighted by Crippen LogP contribution is -2.49. The minimum Gasteiger partial charge on any atom is -0.463 e. The molecule has 0 bridgehead atoms. The smallest absolute Gasteiger partial charge is 0.338 e. The Kier molecular flexibility index (Phi) is 5.62. The molecule has 1 fully saturated rings. The number of carbonyl (C=O) groups is 2. The average Bonchev–Trinajstić information content (AvgIpc) is 3.17. The van der Waals surface area contributed by atoms with Gasteiger partial charge in [0, 0.05) is 12.2 Å². The number of hydrogen-bond donors (Lipinski definition) is 2. The van der Waals surface area contributed by atoms with Crippen LogP contribution in [0.25, 0.3) is 0 Å². The number of nitrogens with one attached hydrogen (secondary N) is 2. The number of nitrogens with zero attached hydrogens (tertiary/aromatic N) is 1. The van der Waals surface area contributed by atoms with Gasteiger partial charge in [-0.25, -0.2) is 9.59 Å². The number of urea groups is 1. The molecular formula is C21H27N3O5. The third-order valence-corrected chi connectivity index (χ3v) is 5.64. The van der Waals surface area contributed by atoms with E-state index in [4.69, 9.17) is 14.2 Å². The summed E-state index contributed by atoms with van der Waals surface area (Å²) >= 11 is 0. The maximum Gasteiger partial charge on any atom is 0.338 e. The van der Waals surface area contributed by atoms with Crippen LogP contribution in [0.5, 0.6) is 11.5 Å². The Hall–Kier alpha value is -2.74. The fraction of sp³-hybridized carbons (Fsp3) is 0.524. The van der Waals surface area contributed by atoms with E-state index in [-0.39, 0.29) is 19.4 Å². The maximum atomic E-state index is 12.9. The fourth-order valence-electron chi connectivity index (χ4n) is 3.98. The van der Waals surface area contributed by atoms with Crippen LogP contribution < -0.4 is 20.1 Å². The van der Waals surface area contributed by atoms with Crippen molar-refractivity contribution in [3.05, 3.63) is 35.0 Å². The first-order valence-corrected chi connectivity index (χ1v) is 10.1. The summed E-state index contributed by atoms with van der Waals surface area (Å²) < 4.78 is 16.2. The first-order chi connectivity index (χ1) is 14.0. The van der Waals surface area contributed by atoms with Crippen LogP contribution in [0, 0.1) is 5.92 Å². The van der Waals surface area contributed by atoms with Gasteiger partial charge in [0.2, 0.25) is 6.79 Å². The molecule has 1 aromatic carbocycles. The number of piperidine rings is 1. The zero-order chi connectivity index (χ0) is 20.4. The Morgan fingerprint density at radius 2 is 2.00 bits per heavy atom. The van der Waals surface area contributed by atoms with Gasteiger partial charge >= 0.3 is 12.0 Å². The zero-order valence-corrected chi connectivity index (χ0v) is 16.8. The largest absolute Gasteiger partial charge is 0.463 e. The summed E-state index contributed by atoms with van der Waals surface area (Å²) in [4.78, 5) is 27.6. The van der Waals surface area contributed by atoms with Crippen molar-refractivity contribution in [2.75, 3.05) is 33.0 Å². The summed E-state index contributed by atoms with van der Waals surface area (Å²) in [5.41, 5.74) is 1.78. The molecule has 156 valence electrons. The number of likely N-dealkylation sites (tertiary alicyclic amines) is 1. The van der Waals surface area contributed by atoms with Gasteiger partial charge in [0.05, 0.1) is 18.2 Å². The molecule has 3 aliphatic heterocycles. The standard InChI is InChI=1S/C21H27N3O5/c1-3-27-20(25)18-15(11-24-8-6-13(2)7-9-24)22-21(26)23-19(18)14-4-5-16-17(10-14)29-12-28-16/h4-5,10,13,19H,3,6-9,11-12H2,1-2H3,(H2,22,23,26)/t19-/m0/s1. The van der Waals surface area contributed by atoms with Gasteiger partial charge in [-0.3, -0.25) is 4.90 Å². The van der Waals surface area contributed by atoms with Gasteiger partial charge in [-0.1, -0.05) is 13.0 Å². The number of rotatable bonds is 5. The number of ether oxygens (including phenoxy) is 3. The van der Waals surface area contributed by atoms with E-state index in [1.165, 1.54) is 0 Å². The van der Waals surface area contributed by atoms with E-state index in [0.29, 0.717) is 35.2 Å². The van der Waals surface area contributed by atoms with E-state index in [1.54, 1.807) is 19.1 Å². The third kappa shape index (κ3) is 4.17. The van der Waals surface area contributed by atoms with Crippen molar-refractivity contribution < 1.29 is 23.8 Å². The minimum atomic E-state index is -0.615. The molecule has 2 amide bonds. The lowest BCUT2D eigenvalue weighted by molar-refractivity contribution is -0.139. The van der Waals surface area contributed by atoms with Gasteiger partial charge in [0.25, 0.3) is 0 Å². The Labute approximate surface area is 170 Å². The first kappa shape index (κ1) is 19.6. The van der Waals surface area contributed by atoms with Crippen molar-refractivity contribution in [2.45, 2.75) is 32.7 Å². The molecule has 29 heavy (non-hydrogen) atoms. The molecule has 0 aromatic heterocycles. The number of benzene rings is 1. The zero-order valence-electron chi connectivity index (χ0n) is 16.8. The van der Waals surface area contributed by atoms with E-state index in [1.807, 2.05) is 6.07 Å². The van der Waals surface area contributed by atoms with Crippen LogP contribution in [0.15, 0.2) is 29.5 Å². The quantitative estimate of drug-likeness (QED) is 0.736. The molecule has 8 heteroatoms. The van der Waals surface area contributed by atoms with Crippen molar-refractivity contribution in [3.63, 3.8) is 0 Å². The summed E-state index contributed by atoms with van der Waals surface area (Å²) in [6.45, 7) is 6.85. The van der Waals surface area contributed by atoms with E-state index in [9.17, 15) is 9.59 Å². The predicted molar refractivity (Wildman–Crippen MR) is 105 cm³/mol. The SMILES string of the molecule is CCOC(=O)C1=C(CN2CCC(C)CC2)NC(=O)N[C@H]1c1ccc2c(c1)OCO2. The second kappa shape index (κ2) is 8.32. The number of hydrogen-bond acceptors (Lipinski definition) is 6. The Morgan fingerprint density at radius 3 is 2.76 bits per heavy atom. The van der Waals surface area contributed by atoms with Crippen molar-refractivity contribution in [1.29, 1.82) is 0 Å². The van der Waals surface area contributed by atoms with Gasteiger partial charge in [-0.05, 0) is 56.5 Å². The molecule has 0 saturated carbocycles. The monoisotopic (exact) mass is 401 g/mol. The normalized spacial score (nSPS) is 22.3. The molecule has 1 aromatic rings. The molecule has 8 nitrogen and oxygen atoms in total. The van der Waals surface area contributed by atoms with Gasteiger partial charge < -0.3 is 24.8 Å². The van der Waals surface area contributed by atoms with E-state index in [0.717, 1.165) is 31.5 Å². The van der Waals surface area contributed by atoms with Gasteiger partial charge in [0.1, 0.15) is 0 Å². The van der Waals surface area contributed by atoms with Crippen LogP contribution in [-0.4, -0.2) is 49.9 Å². The maximum absolute atomic E-state index is 12.9. The molecule has 2 N–H and O–H groups in total. The Morgan fingerprint density at radius 1 is 1.24 bits per heavy atom. The molecule has 0 spiro atoms. The van der Waals surface area contributed by atoms with Crippen LogP contribution in [0.2, 0.25) is 0 Å². The summed E-state index contributed by atoms with van der Waals surface area (Å²) in [5, 5.41) is 5.71. The summed E-state index contributed by atoms with van der Waals surface area (Å²) in [7, 11) is 0. The fourth-order valence-corrected chi connectivity index (χ4v) is 3.98. The second-order valence-electron chi connectivity index (χ2n) is 7.72. The molecule has 0 radical (unpaired) electrons. The Bertz CT molecular complexity index is 830. The molecule has 1 atom stereocenters. The molecule has 0 unspecified atom stereocenters. The lowest BCUT2D eigenvalue weighted by Gasteiger charge is -2.34. The van der Waals surface area contributed by atoms with Crippen molar-refractivity contribution in [2.24, 2.45) is 5.92 Å². The number of carbonyl (C=O) groups excluding carboxylic acids is 2. The van der Waals surface area contributed by atoms with Gasteiger partial charge in [-0.15, -0.1) is 0 Å². The highest BCUT2D eigenvalue weighted by molar-refractivity contribution is 5.95. The van der Waals surface area contributed by atoms with Crippen LogP contribution >= 0.6 is 0 Å². The van der Waals surface area contributed by atoms with Gasteiger partial charge in [0.15, 0.2) is 11.5 Å². The highest BCUT2D eigenvalue weighted by Crippen LogP contribution is 2.37. The average molecular weight is 401 g/mol. The number of fused-ring (bicyclic) bond motifs is 1. The summed E-state index contributed by atoms with van der Waals surface area (Å²) in [5.74, 6) is 1.53. The Balaban J connectivity index is 1.68. The van der Waals surface area contributed by atoms with Crippen LogP contribution in [0.1, 0.15) is 38.3 Å². The minimum absolute atomic E-state index is 0.163. The first-order valence-electron chi connectivity index (χ1n) is 10.1. The van der Waals surface area contributed by atoms with Crippen molar-refractivity contribution in [1.82, 2.24) is 15.5 Å². The summed E-state index contributed by atoms with van der Waals surface area (Å²) in [6.07, 6.45) is 2.22. The van der Waals surface area contributed by atoms with E-state index < -0.39 is 12.0 Å². The second-order valence-corrected chi connectivity index (χ2v) is 7.72. The van der Waals surface area contributed by atoms with Gasteiger partial charge in [-0.2, -0.15) is 0 Å². The van der Waals surface area contributed by atoms with Crippen LogP contribution in [0.4, 0.5) is 4.79 Å². The van der Waals surface area contributed by atoms with Crippen LogP contribution in [-0.2, 0) is 9.53 Å². The highest BCUT2D eigenvalue weighted by atomic mass is 16.7. The van der Waals surface area contributed by atoms with E-state index in [2.05, 4.69) is 22.5 Å². The molecular weight excluding hydrogens is 374 g/mol. The predicted octanol–water partition coefficient (Wildman–Crippen LogP) is 2.32. The van der Waals surface area contributed by atoms with Crippen molar-refractivity contribution in [3.8, 4) is 11.5 Å². The van der Waals surface area contributed by atoms with Crippen molar-refractivity contribution >= 4 is 12.0 Å². The third-order valence-electron chi connectivity index (χ3n) is 5.64. The highest BCUT2D eigenvalue weighted by Gasteiger charge is 2.35. The number of amides is 2. The molecule has 3 aliphatic rings. The molecule has 0 aliphatic carbocycles. The molecule has 4 rings (SSSR count). The number of esters is 1. The summed E-state index contributed by atoms with van der Waals surface area (Å²) in [6, 6.07) is 4.48. The lowest BCUT2D eigenvalue weighted by atomic mass is 9.94. The van der Waals surface area contributed by atoms with Crippen LogP contribution in [0.3, 0.4) is 0 Å².